The highest BCUT2D eigenvalue weighted by molar-refractivity contribution is 6.32. The maximum atomic E-state index is 14.5. The summed E-state index contributed by atoms with van der Waals surface area (Å²) in [6.45, 7) is 0.662. The van der Waals surface area contributed by atoms with E-state index in [1.54, 1.807) is 12.2 Å². The van der Waals surface area contributed by atoms with Crippen LogP contribution < -0.4 is 16.0 Å². The molecule has 41 heavy (non-hydrogen) atoms. The number of ether oxygens (including phenoxy) is 1. The molecule has 0 saturated carbocycles. The first-order chi connectivity index (χ1) is 19.5. The van der Waals surface area contributed by atoms with Crippen molar-refractivity contribution in [2.45, 2.75) is 32.2 Å². The first-order valence-corrected chi connectivity index (χ1v) is 12.7. The second kappa shape index (κ2) is 12.6. The lowest BCUT2D eigenvalue weighted by Gasteiger charge is -2.16. The first kappa shape index (κ1) is 29.2. The summed E-state index contributed by atoms with van der Waals surface area (Å²) in [4.78, 5) is 55.5. The highest BCUT2D eigenvalue weighted by atomic mass is 35.5. The number of carbonyl (C=O) groups is 4. The first-order valence-electron chi connectivity index (χ1n) is 12.3. The number of allylic oxidation sites excluding steroid dienone is 1. The van der Waals surface area contributed by atoms with Crippen LogP contribution in [0.1, 0.15) is 47.1 Å². The fraction of sp³-hybridized carbons (Fsp3) is 0.222. The predicted octanol–water partition coefficient (Wildman–Crippen LogP) is 5.10. The summed E-state index contributed by atoms with van der Waals surface area (Å²) in [5.41, 5.74) is 0.528. The van der Waals surface area contributed by atoms with Gasteiger partial charge in [-0.15, -0.1) is 0 Å². The Kier molecular flexibility index (Phi) is 8.97. The summed E-state index contributed by atoms with van der Waals surface area (Å²) in [5, 5.41) is 16.4. The summed E-state index contributed by atoms with van der Waals surface area (Å²) in [6, 6.07) is 5.62. The number of halogens is 3. The number of rotatable bonds is 5. The van der Waals surface area contributed by atoms with Crippen molar-refractivity contribution in [3.8, 4) is 11.3 Å². The molecule has 1 atom stereocenters. The number of fused-ring (bicyclic) bond motifs is 4. The van der Waals surface area contributed by atoms with E-state index < -0.39 is 47.8 Å². The highest BCUT2D eigenvalue weighted by Gasteiger charge is 2.26. The number of nitrogens with one attached hydrogen (secondary N) is 4. The number of nitrogens with zero attached hydrogens (tertiary/aromatic N) is 1. The third-order valence-electron chi connectivity index (χ3n) is 5.93. The molecule has 1 aliphatic rings. The van der Waals surface area contributed by atoms with Crippen LogP contribution in [0.3, 0.4) is 0 Å². The number of hydrogen-bond acceptors (Lipinski definition) is 6. The van der Waals surface area contributed by atoms with E-state index in [0.717, 1.165) is 12.1 Å². The number of benzene rings is 2. The minimum absolute atomic E-state index is 0.0464. The van der Waals surface area contributed by atoms with E-state index >= 15 is 0 Å². The number of carboxylic acid groups (broad SMARTS) is 1. The number of carbonyl (C=O) groups excluding carboxylic acids is 3. The number of imidazole rings is 1. The predicted molar refractivity (Wildman–Crippen MR) is 145 cm³/mol. The monoisotopic (exact) mass is 587 g/mol. The SMILES string of the molecule is Cc1cc(F)c(C(=O)N[C@H]2C/C=C\CCC(=O)Nc3cc(NC(=O)OCC(=O)O)ccc3-c3nc2[nH]c3Cl)c(F)c1. The number of amides is 3. The molecular formula is C27H24ClF2N5O6. The van der Waals surface area contributed by atoms with E-state index in [0.29, 0.717) is 17.5 Å². The molecule has 11 nitrogen and oxygen atoms in total. The normalized spacial score (nSPS) is 15.7. The number of carboxylic acids is 1. The molecule has 2 bridgehead atoms. The minimum Gasteiger partial charge on any atom is -0.479 e. The lowest BCUT2D eigenvalue weighted by Crippen LogP contribution is -2.30. The maximum Gasteiger partial charge on any atom is 0.412 e. The van der Waals surface area contributed by atoms with Gasteiger partial charge in [0.15, 0.2) is 6.61 Å². The zero-order valence-corrected chi connectivity index (χ0v) is 22.3. The van der Waals surface area contributed by atoms with Crippen LogP contribution >= 0.6 is 11.6 Å². The molecule has 3 amide bonds. The molecule has 0 unspecified atom stereocenters. The molecule has 0 saturated heterocycles. The Morgan fingerprint density at radius 1 is 1.17 bits per heavy atom. The number of H-pyrrole nitrogens is 1. The molecule has 0 radical (unpaired) electrons. The molecular weight excluding hydrogens is 564 g/mol. The molecule has 1 aliphatic heterocycles. The summed E-state index contributed by atoms with van der Waals surface area (Å²) in [7, 11) is 0. The fourth-order valence-corrected chi connectivity index (χ4v) is 4.33. The van der Waals surface area contributed by atoms with Crippen LogP contribution in [-0.4, -0.2) is 45.6 Å². The van der Waals surface area contributed by atoms with E-state index in [1.165, 1.54) is 25.1 Å². The molecule has 3 aromatic rings. The zero-order chi connectivity index (χ0) is 29.7. The molecule has 2 heterocycles. The van der Waals surface area contributed by atoms with Gasteiger partial charge in [0, 0.05) is 17.7 Å². The van der Waals surface area contributed by atoms with Crippen LogP contribution in [0.2, 0.25) is 5.15 Å². The largest absolute Gasteiger partial charge is 0.479 e. The van der Waals surface area contributed by atoms with E-state index in [9.17, 15) is 28.0 Å². The second-order valence-corrected chi connectivity index (χ2v) is 9.44. The molecule has 14 heteroatoms. The zero-order valence-electron chi connectivity index (χ0n) is 21.5. The third kappa shape index (κ3) is 7.25. The highest BCUT2D eigenvalue weighted by Crippen LogP contribution is 2.35. The van der Waals surface area contributed by atoms with Gasteiger partial charge in [0.2, 0.25) is 5.91 Å². The smallest absolute Gasteiger partial charge is 0.412 e. The van der Waals surface area contributed by atoms with Crippen molar-refractivity contribution in [3.63, 3.8) is 0 Å². The number of aromatic amines is 1. The van der Waals surface area contributed by atoms with Crippen LogP contribution in [0, 0.1) is 18.6 Å². The van der Waals surface area contributed by atoms with Gasteiger partial charge in [-0.25, -0.2) is 23.4 Å². The second-order valence-electron chi connectivity index (χ2n) is 9.06. The summed E-state index contributed by atoms with van der Waals surface area (Å²) >= 11 is 6.47. The van der Waals surface area contributed by atoms with Crippen LogP contribution in [0.5, 0.6) is 0 Å². The van der Waals surface area contributed by atoms with Crippen LogP contribution in [-0.2, 0) is 14.3 Å². The van der Waals surface area contributed by atoms with Gasteiger partial charge in [-0.3, -0.25) is 14.9 Å². The Bertz CT molecular complexity index is 1530. The number of anilines is 2. The third-order valence-corrected chi connectivity index (χ3v) is 6.20. The van der Waals surface area contributed by atoms with E-state index in [-0.39, 0.29) is 46.8 Å². The van der Waals surface area contributed by atoms with E-state index in [4.69, 9.17) is 16.7 Å². The Morgan fingerprint density at radius 3 is 2.61 bits per heavy atom. The van der Waals surface area contributed by atoms with Gasteiger partial charge in [0.1, 0.15) is 33.9 Å². The lowest BCUT2D eigenvalue weighted by atomic mass is 10.1. The van der Waals surface area contributed by atoms with Crippen molar-refractivity contribution in [1.82, 2.24) is 15.3 Å². The summed E-state index contributed by atoms with van der Waals surface area (Å²) in [6.07, 6.45) is 2.99. The Labute approximate surface area is 236 Å². The molecule has 0 fully saturated rings. The van der Waals surface area contributed by atoms with E-state index in [2.05, 4.69) is 30.7 Å². The maximum absolute atomic E-state index is 14.5. The topological polar surface area (TPSA) is 163 Å². The molecule has 5 N–H and O–H groups in total. The lowest BCUT2D eigenvalue weighted by molar-refractivity contribution is -0.140. The van der Waals surface area contributed by atoms with Gasteiger partial charge >= 0.3 is 12.1 Å². The van der Waals surface area contributed by atoms with E-state index in [1.807, 2.05) is 0 Å². The minimum atomic E-state index is -1.33. The van der Waals surface area contributed by atoms with Crippen LogP contribution in [0.4, 0.5) is 25.0 Å². The van der Waals surface area contributed by atoms with Crippen molar-refractivity contribution in [2.24, 2.45) is 0 Å². The van der Waals surface area contributed by atoms with Crippen molar-refractivity contribution in [2.75, 3.05) is 17.2 Å². The van der Waals surface area contributed by atoms with Gasteiger partial charge in [0.05, 0.1) is 11.7 Å². The fourth-order valence-electron chi connectivity index (χ4n) is 4.09. The summed E-state index contributed by atoms with van der Waals surface area (Å²) < 4.78 is 33.5. The van der Waals surface area contributed by atoms with Gasteiger partial charge < -0.3 is 25.5 Å². The van der Waals surface area contributed by atoms with Gasteiger partial charge in [-0.1, -0.05) is 23.8 Å². The molecule has 2 aromatic carbocycles. The molecule has 1 aromatic heterocycles. The molecule has 0 spiro atoms. The number of hydrogen-bond donors (Lipinski definition) is 5. The average molecular weight is 588 g/mol. The van der Waals surface area contributed by atoms with Gasteiger partial charge in [-0.2, -0.15) is 0 Å². The Hall–Kier alpha value is -4.78. The Balaban J connectivity index is 1.68. The van der Waals surface area contributed by atoms with Crippen molar-refractivity contribution < 1.29 is 37.8 Å². The van der Waals surface area contributed by atoms with Gasteiger partial charge in [-0.05, 0) is 55.7 Å². The molecule has 4 rings (SSSR count). The number of aromatic nitrogens is 2. The van der Waals surface area contributed by atoms with Crippen LogP contribution in [0.15, 0.2) is 42.5 Å². The average Bonchev–Trinajstić information content (AvgIpc) is 3.27. The number of aliphatic carboxylic acids is 1. The van der Waals surface area contributed by atoms with Crippen LogP contribution in [0.25, 0.3) is 11.3 Å². The summed E-state index contributed by atoms with van der Waals surface area (Å²) in [5.74, 6) is -4.50. The number of aryl methyl sites for hydroxylation is 1. The molecule has 214 valence electrons. The van der Waals surface area contributed by atoms with Crippen molar-refractivity contribution in [1.29, 1.82) is 0 Å². The van der Waals surface area contributed by atoms with Gasteiger partial charge in [0.25, 0.3) is 5.91 Å². The van der Waals surface area contributed by atoms with Crippen molar-refractivity contribution >= 4 is 46.9 Å². The van der Waals surface area contributed by atoms with Crippen molar-refractivity contribution in [3.05, 3.63) is 76.2 Å². The quantitative estimate of drug-likeness (QED) is 0.259. The standard InChI is InChI=1S/C27H24ClF2N5O6/c1-13-9-16(29)22(17(30)10-13)26(39)33-18-5-3-2-4-6-20(36)32-19-11-14(31-27(40)41-12-21(37)38)7-8-15(19)23-24(28)35-25(18)34-23/h2-3,7-11,18H,4-6,12H2,1H3,(H,31,40)(H,32,36)(H,33,39)(H,34,35)(H,37,38)/b3-2-/t18-/m0/s1. The Morgan fingerprint density at radius 2 is 1.90 bits per heavy atom. The molecule has 0 aliphatic carbocycles.